The van der Waals surface area contributed by atoms with E-state index in [1.165, 1.54) is 50.5 Å². The Balaban J connectivity index is 0. The van der Waals surface area contributed by atoms with Crippen LogP contribution in [0.1, 0.15) is 50.5 Å². The first-order chi connectivity index (χ1) is 9.77. The zero-order valence-electron chi connectivity index (χ0n) is 14.4. The van der Waals surface area contributed by atoms with Crippen molar-refractivity contribution in [2.45, 2.75) is 56.9 Å². The number of allylic oxidation sites excluding steroid dienone is 4. The molecule has 1 fully saturated rings. The molecule has 0 bridgehead atoms. The molecule has 1 atom stereocenters. The van der Waals surface area contributed by atoms with Crippen molar-refractivity contribution >= 4 is 14.7 Å². The average molecular weight is 438 g/mol. The summed E-state index contributed by atoms with van der Waals surface area (Å²) in [5.74, 6) is 0.989. The normalized spacial score (nSPS) is 23.0. The Labute approximate surface area is 183 Å². The zero-order valence-corrected chi connectivity index (χ0v) is 19.7. The van der Waals surface area contributed by atoms with E-state index in [0.29, 0.717) is 5.04 Å². The molecule has 2 aliphatic carbocycles. The van der Waals surface area contributed by atoms with E-state index < -0.39 is 0 Å². The molecule has 1 aromatic carbocycles. The fourth-order valence-corrected chi connectivity index (χ4v) is 6.68. The summed E-state index contributed by atoms with van der Waals surface area (Å²) in [5.41, 5.74) is 1.53. The van der Waals surface area contributed by atoms with Crippen LogP contribution >= 0.6 is 0 Å². The Morgan fingerprint density at radius 3 is 2.38 bits per heavy atom. The molecule has 0 amide bonds. The predicted octanol–water partition coefficient (Wildman–Crippen LogP) is -4.84. The van der Waals surface area contributed by atoms with E-state index in [9.17, 15) is 0 Å². The fraction of sp³-hybridized carbons (Fsp3) is 0.526. The van der Waals surface area contributed by atoms with Crippen molar-refractivity contribution < 1.29 is 58.9 Å². The second kappa shape index (κ2) is 12.9. The first-order valence-corrected chi connectivity index (χ1v) is 9.74. The minimum absolute atomic E-state index is 0. The second-order valence-electron chi connectivity index (χ2n) is 6.97. The van der Waals surface area contributed by atoms with E-state index >= 15 is 0 Å². The van der Waals surface area contributed by atoms with Gasteiger partial charge in [-0.05, 0) is 23.8 Å². The molecule has 1 unspecified atom stereocenters. The Bertz CT molecular complexity index is 506. The minimum Gasteiger partial charge on any atom is -1.00 e. The van der Waals surface area contributed by atoms with E-state index in [-0.39, 0.29) is 68.5 Å². The molecule has 0 nitrogen and oxygen atoms in total. The maximum Gasteiger partial charge on any atom is 4.00 e. The maximum atomic E-state index is 2.57. The number of halogens is 3. The van der Waals surface area contributed by atoms with Crippen molar-refractivity contribution in [1.82, 2.24) is 0 Å². The van der Waals surface area contributed by atoms with Crippen molar-refractivity contribution in [3.8, 4) is 0 Å². The summed E-state index contributed by atoms with van der Waals surface area (Å²) < 4.78 is 0. The summed E-state index contributed by atoms with van der Waals surface area (Å²) >= 11 is 0. The second-order valence-corrected chi connectivity index (χ2v) is 9.50. The topological polar surface area (TPSA) is 0 Å². The van der Waals surface area contributed by atoms with Gasteiger partial charge in [0.15, 0.2) is 0 Å². The molecule has 0 aromatic heterocycles. The van der Waals surface area contributed by atoms with Crippen LogP contribution in [0, 0.1) is 12.8 Å². The maximum absolute atomic E-state index is 2.57. The molecule has 1 saturated carbocycles. The zero-order chi connectivity index (χ0) is 13.8. The quantitative estimate of drug-likeness (QED) is 0.328. The molecule has 0 aliphatic heterocycles. The molecule has 5 heteroatoms. The average Bonchev–Trinajstić information content (AvgIpc) is 2.86. The molecular formula is C19H27Cl3SiTi. The van der Waals surface area contributed by atoms with Crippen molar-refractivity contribution in [3.05, 3.63) is 48.1 Å². The predicted molar refractivity (Wildman–Crippen MR) is 91.7 cm³/mol. The monoisotopic (exact) mass is 436 g/mol. The molecule has 3 rings (SSSR count). The molecule has 132 valence electrons. The van der Waals surface area contributed by atoms with Gasteiger partial charge in [-0.2, -0.15) is 16.8 Å². The van der Waals surface area contributed by atoms with Crippen LogP contribution < -0.4 is 42.4 Å². The Hall–Kier alpha value is 0.631. The van der Waals surface area contributed by atoms with Crippen molar-refractivity contribution in [3.63, 3.8) is 0 Å². The Morgan fingerprint density at radius 1 is 1.12 bits per heavy atom. The van der Waals surface area contributed by atoms with E-state index in [2.05, 4.69) is 49.4 Å². The van der Waals surface area contributed by atoms with Crippen LogP contribution in [0.25, 0.3) is 0 Å². The summed E-state index contributed by atoms with van der Waals surface area (Å²) in [4.78, 5) is 0. The standard InChI is InChI=1S/C19H27Si.3ClH.Ti/c1-16-9-8-12-18(16)20-19(13-6-3-7-14-19)15-17-10-4-2-5-11-17;;;;/h3,6-9,12-13,17H,2,4-5,10-11,14-15,20H2,1H3;3*1H;/q-1;;;;+4/p-3. The number of rotatable bonds is 4. The van der Waals surface area contributed by atoms with Crippen LogP contribution in [0.5, 0.6) is 0 Å². The van der Waals surface area contributed by atoms with Crippen LogP contribution in [-0.2, 0) is 21.7 Å². The van der Waals surface area contributed by atoms with Gasteiger partial charge >= 0.3 is 21.7 Å². The van der Waals surface area contributed by atoms with E-state index in [4.69, 9.17) is 0 Å². The van der Waals surface area contributed by atoms with Gasteiger partial charge in [-0.1, -0.05) is 63.3 Å². The molecule has 1 aromatic rings. The van der Waals surface area contributed by atoms with Crippen molar-refractivity contribution in [2.75, 3.05) is 0 Å². The van der Waals surface area contributed by atoms with Gasteiger partial charge in [0.25, 0.3) is 0 Å². The summed E-state index contributed by atoms with van der Waals surface area (Å²) in [6.45, 7) is 2.29. The van der Waals surface area contributed by atoms with E-state index in [0.717, 1.165) is 5.92 Å². The molecule has 0 radical (unpaired) electrons. The molecule has 0 spiro atoms. The fourth-order valence-electron chi connectivity index (χ4n) is 4.15. The Kier molecular flexibility index (Phi) is 14.4. The van der Waals surface area contributed by atoms with Gasteiger partial charge in [0, 0.05) is 9.52 Å². The number of hydrogen-bond donors (Lipinski definition) is 0. The van der Waals surface area contributed by atoms with Gasteiger partial charge in [-0.15, -0.1) is 0 Å². The van der Waals surface area contributed by atoms with Crippen LogP contribution in [0.15, 0.2) is 42.5 Å². The van der Waals surface area contributed by atoms with Gasteiger partial charge in [-0.25, -0.2) is 12.1 Å². The largest absolute Gasteiger partial charge is 4.00 e. The third-order valence-electron chi connectivity index (χ3n) is 5.33. The first-order valence-electron chi connectivity index (χ1n) is 8.33. The molecule has 2 aliphatic rings. The van der Waals surface area contributed by atoms with Crippen LogP contribution in [0.3, 0.4) is 0 Å². The number of aryl methyl sites for hydroxylation is 1. The van der Waals surface area contributed by atoms with E-state index in [1.807, 2.05) is 0 Å². The molecule has 0 saturated heterocycles. The van der Waals surface area contributed by atoms with Crippen LogP contribution in [0.2, 0.25) is 5.04 Å². The SMILES string of the molecule is Cc1ccc[c-]1[SiH2]C1(CC2CCCCC2)C=CC=CC1.[Cl-].[Cl-].[Cl-].[Ti+4]. The number of hydrogen-bond acceptors (Lipinski definition) is 0. The summed E-state index contributed by atoms with van der Waals surface area (Å²) in [6.07, 6.45) is 19.6. The molecule has 0 heterocycles. The van der Waals surface area contributed by atoms with Crippen LogP contribution in [0.4, 0.5) is 0 Å². The summed E-state index contributed by atoms with van der Waals surface area (Å²) in [6, 6.07) is 6.92. The summed E-state index contributed by atoms with van der Waals surface area (Å²) in [7, 11) is -0.234. The van der Waals surface area contributed by atoms with Crippen molar-refractivity contribution in [1.29, 1.82) is 0 Å². The third-order valence-corrected chi connectivity index (χ3v) is 8.03. The minimum atomic E-state index is -0.234. The van der Waals surface area contributed by atoms with E-state index in [1.54, 1.807) is 5.19 Å². The van der Waals surface area contributed by atoms with Gasteiger partial charge < -0.3 is 37.2 Å². The van der Waals surface area contributed by atoms with Crippen LogP contribution in [-0.4, -0.2) is 9.52 Å². The Morgan fingerprint density at radius 2 is 1.83 bits per heavy atom. The van der Waals surface area contributed by atoms with Gasteiger partial charge in [0.05, 0.1) is 0 Å². The molecule has 0 N–H and O–H groups in total. The smallest absolute Gasteiger partial charge is 1.00 e. The van der Waals surface area contributed by atoms with Gasteiger partial charge in [0.2, 0.25) is 0 Å². The molecule has 24 heavy (non-hydrogen) atoms. The van der Waals surface area contributed by atoms with Crippen molar-refractivity contribution in [2.24, 2.45) is 5.92 Å². The summed E-state index contributed by atoms with van der Waals surface area (Å²) in [5, 5.41) is 2.22. The molecular weight excluding hydrogens is 411 g/mol. The third kappa shape index (κ3) is 7.10. The van der Waals surface area contributed by atoms with Gasteiger partial charge in [0.1, 0.15) is 0 Å². The first kappa shape index (κ1) is 26.9. The van der Waals surface area contributed by atoms with Gasteiger partial charge in [-0.3, -0.25) is 0 Å².